The number of nitrogens with zero attached hydrogens (tertiary/aromatic N) is 1. The highest BCUT2D eigenvalue weighted by Gasteiger charge is 2.23. The van der Waals surface area contributed by atoms with Crippen molar-refractivity contribution >= 4 is 21.8 Å². The van der Waals surface area contributed by atoms with Crippen molar-refractivity contribution < 1.29 is 14.3 Å². The Bertz CT molecular complexity index is 418. The van der Waals surface area contributed by atoms with Crippen LogP contribution in [0.15, 0.2) is 28.7 Å². The topological polar surface area (TPSA) is 38.8 Å². The maximum Gasteiger partial charge on any atom is 0.263 e. The van der Waals surface area contributed by atoms with Crippen LogP contribution in [0.4, 0.5) is 0 Å². The number of benzene rings is 1. The van der Waals surface area contributed by atoms with E-state index in [0.717, 1.165) is 4.47 Å². The first-order chi connectivity index (χ1) is 8.66. The molecule has 0 radical (unpaired) electrons. The highest BCUT2D eigenvalue weighted by atomic mass is 79.9. The second-order valence-electron chi connectivity index (χ2n) is 4.16. The van der Waals surface area contributed by atoms with E-state index >= 15 is 0 Å². The molecule has 0 saturated carbocycles. The van der Waals surface area contributed by atoms with Crippen LogP contribution in [0.1, 0.15) is 6.92 Å². The van der Waals surface area contributed by atoms with E-state index in [4.69, 9.17) is 9.47 Å². The van der Waals surface area contributed by atoms with E-state index < -0.39 is 6.10 Å². The van der Waals surface area contributed by atoms with Gasteiger partial charge in [-0.25, -0.2) is 0 Å². The number of carbonyl (C=O) groups is 1. The Kier molecular flexibility index (Phi) is 4.60. The fourth-order valence-electron chi connectivity index (χ4n) is 1.84. The van der Waals surface area contributed by atoms with Crippen LogP contribution >= 0.6 is 15.9 Å². The predicted octanol–water partition coefficient (Wildman–Crippen LogP) is 2.08. The van der Waals surface area contributed by atoms with Crippen molar-refractivity contribution in [1.29, 1.82) is 0 Å². The molecule has 1 aliphatic heterocycles. The highest BCUT2D eigenvalue weighted by molar-refractivity contribution is 9.10. The predicted molar refractivity (Wildman–Crippen MR) is 71.6 cm³/mol. The summed E-state index contributed by atoms with van der Waals surface area (Å²) in [6.45, 7) is 4.28. The zero-order chi connectivity index (χ0) is 13.0. The van der Waals surface area contributed by atoms with Crippen LogP contribution in [-0.4, -0.2) is 43.2 Å². The zero-order valence-electron chi connectivity index (χ0n) is 10.3. The van der Waals surface area contributed by atoms with Crippen molar-refractivity contribution in [1.82, 2.24) is 4.90 Å². The molecular formula is C13H16BrNO3. The van der Waals surface area contributed by atoms with E-state index in [1.807, 2.05) is 24.3 Å². The first-order valence-electron chi connectivity index (χ1n) is 5.95. The number of morpholine rings is 1. The number of hydrogen-bond donors (Lipinski definition) is 0. The maximum absolute atomic E-state index is 12.1. The molecule has 4 nitrogen and oxygen atoms in total. The highest BCUT2D eigenvalue weighted by Crippen LogP contribution is 2.19. The van der Waals surface area contributed by atoms with Crippen LogP contribution < -0.4 is 4.74 Å². The fraction of sp³-hybridized carbons (Fsp3) is 0.462. The van der Waals surface area contributed by atoms with E-state index in [1.165, 1.54) is 0 Å². The van der Waals surface area contributed by atoms with Gasteiger partial charge in [-0.2, -0.15) is 0 Å². The first-order valence-corrected chi connectivity index (χ1v) is 6.75. The molecule has 1 aromatic carbocycles. The van der Waals surface area contributed by atoms with Crippen molar-refractivity contribution in [2.75, 3.05) is 26.3 Å². The van der Waals surface area contributed by atoms with Gasteiger partial charge in [0, 0.05) is 17.6 Å². The molecule has 5 heteroatoms. The lowest BCUT2D eigenvalue weighted by Gasteiger charge is -2.29. The lowest BCUT2D eigenvalue weighted by Crippen LogP contribution is -2.46. The standard InChI is InChI=1S/C13H16BrNO3/c1-10(13(16)15-5-7-17-8-6-15)18-12-4-2-3-11(14)9-12/h2-4,9-10H,5-8H2,1H3/t10-/m1/s1. The molecule has 0 spiro atoms. The Hall–Kier alpha value is -1.07. The summed E-state index contributed by atoms with van der Waals surface area (Å²) in [4.78, 5) is 13.9. The number of hydrogen-bond acceptors (Lipinski definition) is 3. The molecule has 1 saturated heterocycles. The van der Waals surface area contributed by atoms with Crippen LogP contribution in [0.5, 0.6) is 5.75 Å². The molecule has 18 heavy (non-hydrogen) atoms. The van der Waals surface area contributed by atoms with E-state index in [1.54, 1.807) is 11.8 Å². The van der Waals surface area contributed by atoms with Gasteiger partial charge >= 0.3 is 0 Å². The summed E-state index contributed by atoms with van der Waals surface area (Å²) in [5, 5.41) is 0. The molecule has 1 fully saturated rings. The molecule has 1 heterocycles. The molecule has 0 bridgehead atoms. The molecule has 0 aromatic heterocycles. The quantitative estimate of drug-likeness (QED) is 0.857. The van der Waals surface area contributed by atoms with Gasteiger partial charge in [0.2, 0.25) is 0 Å². The van der Waals surface area contributed by atoms with Crippen LogP contribution in [0.25, 0.3) is 0 Å². The van der Waals surface area contributed by atoms with Crippen molar-refractivity contribution in [3.05, 3.63) is 28.7 Å². The summed E-state index contributed by atoms with van der Waals surface area (Å²) >= 11 is 3.37. The van der Waals surface area contributed by atoms with E-state index in [2.05, 4.69) is 15.9 Å². The SMILES string of the molecule is C[C@@H](Oc1cccc(Br)c1)C(=O)N1CCOCC1. The third-order valence-electron chi connectivity index (χ3n) is 2.78. The van der Waals surface area contributed by atoms with Crippen LogP contribution in [-0.2, 0) is 9.53 Å². The molecule has 98 valence electrons. The summed E-state index contributed by atoms with van der Waals surface area (Å²) in [7, 11) is 0. The molecule has 1 amide bonds. The van der Waals surface area contributed by atoms with Gasteiger partial charge in [-0.05, 0) is 25.1 Å². The Morgan fingerprint density at radius 2 is 2.17 bits per heavy atom. The van der Waals surface area contributed by atoms with Gasteiger partial charge in [-0.3, -0.25) is 4.79 Å². The minimum atomic E-state index is -0.475. The van der Waals surface area contributed by atoms with Gasteiger partial charge in [0.15, 0.2) is 6.10 Å². The minimum Gasteiger partial charge on any atom is -0.481 e. The first kappa shape index (κ1) is 13.4. The van der Waals surface area contributed by atoms with Gasteiger partial charge < -0.3 is 14.4 Å². The van der Waals surface area contributed by atoms with E-state index in [9.17, 15) is 4.79 Å². The zero-order valence-corrected chi connectivity index (χ0v) is 11.9. The Morgan fingerprint density at radius 3 is 2.83 bits per heavy atom. The van der Waals surface area contributed by atoms with Crippen molar-refractivity contribution in [2.24, 2.45) is 0 Å². The Morgan fingerprint density at radius 1 is 1.44 bits per heavy atom. The summed E-state index contributed by atoms with van der Waals surface area (Å²) < 4.78 is 11.8. The lowest BCUT2D eigenvalue weighted by atomic mass is 10.3. The van der Waals surface area contributed by atoms with Crippen LogP contribution in [0.3, 0.4) is 0 Å². The van der Waals surface area contributed by atoms with Crippen LogP contribution in [0, 0.1) is 0 Å². The van der Waals surface area contributed by atoms with Crippen molar-refractivity contribution in [3.8, 4) is 5.75 Å². The van der Waals surface area contributed by atoms with Crippen molar-refractivity contribution in [2.45, 2.75) is 13.0 Å². The number of rotatable bonds is 3. The third kappa shape index (κ3) is 3.46. The lowest BCUT2D eigenvalue weighted by molar-refractivity contribution is -0.142. The number of amides is 1. The molecule has 2 rings (SSSR count). The number of halogens is 1. The molecule has 1 aliphatic rings. The molecule has 0 unspecified atom stereocenters. The third-order valence-corrected chi connectivity index (χ3v) is 3.27. The summed E-state index contributed by atoms with van der Waals surface area (Å²) in [5.74, 6) is 0.705. The average molecular weight is 314 g/mol. The van der Waals surface area contributed by atoms with Gasteiger partial charge in [-0.1, -0.05) is 22.0 Å². The molecule has 1 atom stereocenters. The number of carbonyl (C=O) groups excluding carboxylic acids is 1. The summed E-state index contributed by atoms with van der Waals surface area (Å²) in [6, 6.07) is 7.49. The average Bonchev–Trinajstić information content (AvgIpc) is 2.39. The molecular weight excluding hydrogens is 298 g/mol. The minimum absolute atomic E-state index is 0.0123. The van der Waals surface area contributed by atoms with Crippen molar-refractivity contribution in [3.63, 3.8) is 0 Å². The largest absolute Gasteiger partial charge is 0.481 e. The Labute approximate surface area is 115 Å². The second kappa shape index (κ2) is 6.20. The van der Waals surface area contributed by atoms with Gasteiger partial charge in [0.1, 0.15) is 5.75 Å². The van der Waals surface area contributed by atoms with E-state index in [-0.39, 0.29) is 5.91 Å². The maximum atomic E-state index is 12.1. The number of ether oxygens (including phenoxy) is 2. The summed E-state index contributed by atoms with van der Waals surface area (Å²) in [5.41, 5.74) is 0. The van der Waals surface area contributed by atoms with Crippen LogP contribution in [0.2, 0.25) is 0 Å². The van der Waals surface area contributed by atoms with Gasteiger partial charge in [-0.15, -0.1) is 0 Å². The smallest absolute Gasteiger partial charge is 0.263 e. The monoisotopic (exact) mass is 313 g/mol. The van der Waals surface area contributed by atoms with E-state index in [0.29, 0.717) is 32.1 Å². The van der Waals surface area contributed by atoms with Gasteiger partial charge in [0.25, 0.3) is 5.91 Å². The fourth-order valence-corrected chi connectivity index (χ4v) is 2.21. The molecule has 1 aromatic rings. The Balaban J connectivity index is 1.94. The second-order valence-corrected chi connectivity index (χ2v) is 5.07. The molecule has 0 N–H and O–H groups in total. The normalized spacial score (nSPS) is 17.3. The molecule has 0 aliphatic carbocycles. The van der Waals surface area contributed by atoms with Gasteiger partial charge in [0.05, 0.1) is 13.2 Å². The summed E-state index contributed by atoms with van der Waals surface area (Å²) in [6.07, 6.45) is -0.475.